The molecule has 1 aliphatic carbocycles. The van der Waals surface area contributed by atoms with Crippen LogP contribution in [0.2, 0.25) is 0 Å². The molecule has 1 N–H and O–H groups in total. The molecule has 1 aromatic heterocycles. The predicted molar refractivity (Wildman–Crippen MR) is 71.9 cm³/mol. The second-order valence-corrected chi connectivity index (χ2v) is 5.03. The normalized spacial score (nSPS) is 23.7. The minimum atomic E-state index is -0.308. The highest BCUT2D eigenvalue weighted by atomic mass is 16.3. The van der Waals surface area contributed by atoms with Crippen LogP contribution in [0.5, 0.6) is 0 Å². The van der Waals surface area contributed by atoms with Gasteiger partial charge in [-0.15, -0.1) is 0 Å². The summed E-state index contributed by atoms with van der Waals surface area (Å²) in [5, 5.41) is 12.0. The van der Waals surface area contributed by atoms with Gasteiger partial charge in [-0.2, -0.15) is 5.26 Å². The SMILES string of the molecule is C[C@H]1CCCC[C@@H]1NC(=O)/C(C#N)=C/c1ccco1. The van der Waals surface area contributed by atoms with Gasteiger partial charge in [-0.3, -0.25) is 4.79 Å². The zero-order valence-corrected chi connectivity index (χ0v) is 11.1. The van der Waals surface area contributed by atoms with Crippen molar-refractivity contribution in [3.8, 4) is 6.07 Å². The standard InChI is InChI=1S/C15H18N2O2/c1-11-5-2-3-7-14(11)17-15(18)12(10-16)9-13-6-4-8-19-13/h4,6,8-9,11,14H,2-3,5,7H2,1H3,(H,17,18)/b12-9+/t11-,14-/m0/s1. The molecule has 1 aliphatic rings. The molecule has 0 radical (unpaired) electrons. The highest BCUT2D eigenvalue weighted by Gasteiger charge is 2.24. The molecule has 0 saturated heterocycles. The molecule has 4 nitrogen and oxygen atoms in total. The lowest BCUT2D eigenvalue weighted by Gasteiger charge is -2.29. The Morgan fingerprint density at radius 1 is 1.53 bits per heavy atom. The molecule has 1 amide bonds. The Balaban J connectivity index is 2.03. The lowest BCUT2D eigenvalue weighted by Crippen LogP contribution is -2.41. The summed E-state index contributed by atoms with van der Waals surface area (Å²) < 4.78 is 5.12. The molecule has 0 spiro atoms. The maximum absolute atomic E-state index is 12.1. The quantitative estimate of drug-likeness (QED) is 0.669. The van der Waals surface area contributed by atoms with Crippen LogP contribution in [-0.2, 0) is 4.79 Å². The summed E-state index contributed by atoms with van der Waals surface area (Å²) in [5.74, 6) is 0.683. The molecule has 0 unspecified atom stereocenters. The average Bonchev–Trinajstić information content (AvgIpc) is 2.91. The van der Waals surface area contributed by atoms with Crippen LogP contribution < -0.4 is 5.32 Å². The van der Waals surface area contributed by atoms with Crippen molar-refractivity contribution < 1.29 is 9.21 Å². The first-order valence-corrected chi connectivity index (χ1v) is 6.67. The fourth-order valence-corrected chi connectivity index (χ4v) is 2.44. The van der Waals surface area contributed by atoms with E-state index in [-0.39, 0.29) is 17.5 Å². The summed E-state index contributed by atoms with van der Waals surface area (Å²) in [4.78, 5) is 12.1. The Morgan fingerprint density at radius 2 is 2.32 bits per heavy atom. The minimum absolute atomic E-state index is 0.0905. The number of furan rings is 1. The van der Waals surface area contributed by atoms with Crippen molar-refractivity contribution >= 4 is 12.0 Å². The molecule has 19 heavy (non-hydrogen) atoms. The Bertz CT molecular complexity index is 497. The number of hydrogen-bond acceptors (Lipinski definition) is 3. The van der Waals surface area contributed by atoms with E-state index in [0.29, 0.717) is 11.7 Å². The number of carbonyl (C=O) groups excluding carboxylic acids is 1. The summed E-state index contributed by atoms with van der Waals surface area (Å²) in [7, 11) is 0. The summed E-state index contributed by atoms with van der Waals surface area (Å²) in [6.45, 7) is 2.15. The van der Waals surface area contributed by atoms with Gasteiger partial charge in [0.25, 0.3) is 5.91 Å². The van der Waals surface area contributed by atoms with Crippen LogP contribution in [0.3, 0.4) is 0 Å². The number of nitrogens with one attached hydrogen (secondary N) is 1. The van der Waals surface area contributed by atoms with Crippen molar-refractivity contribution in [2.45, 2.75) is 38.6 Å². The number of carbonyl (C=O) groups is 1. The van der Waals surface area contributed by atoms with Gasteiger partial charge >= 0.3 is 0 Å². The summed E-state index contributed by atoms with van der Waals surface area (Å²) in [6.07, 6.45) is 7.48. The molecule has 1 heterocycles. The van der Waals surface area contributed by atoms with Crippen molar-refractivity contribution in [2.24, 2.45) is 5.92 Å². The second-order valence-electron chi connectivity index (χ2n) is 5.03. The molecule has 1 saturated carbocycles. The van der Waals surface area contributed by atoms with Crippen LogP contribution in [0, 0.1) is 17.2 Å². The van der Waals surface area contributed by atoms with E-state index in [2.05, 4.69) is 12.2 Å². The van der Waals surface area contributed by atoms with E-state index in [0.717, 1.165) is 19.3 Å². The van der Waals surface area contributed by atoms with Gasteiger partial charge < -0.3 is 9.73 Å². The smallest absolute Gasteiger partial charge is 0.262 e. The van der Waals surface area contributed by atoms with E-state index >= 15 is 0 Å². The van der Waals surface area contributed by atoms with E-state index in [1.807, 2.05) is 6.07 Å². The fraction of sp³-hybridized carbons (Fsp3) is 0.467. The van der Waals surface area contributed by atoms with Gasteiger partial charge in [-0.05, 0) is 30.9 Å². The predicted octanol–water partition coefficient (Wildman–Crippen LogP) is 2.88. The molecule has 2 atom stereocenters. The first kappa shape index (κ1) is 13.4. The first-order chi connectivity index (χ1) is 9.20. The molecule has 4 heteroatoms. The van der Waals surface area contributed by atoms with E-state index in [9.17, 15) is 4.79 Å². The van der Waals surface area contributed by atoms with Crippen LogP contribution in [0.25, 0.3) is 6.08 Å². The third-order valence-corrected chi connectivity index (χ3v) is 3.62. The van der Waals surface area contributed by atoms with Crippen LogP contribution in [-0.4, -0.2) is 11.9 Å². The van der Waals surface area contributed by atoms with E-state index in [1.165, 1.54) is 18.8 Å². The summed E-state index contributed by atoms with van der Waals surface area (Å²) in [5.41, 5.74) is 0.0905. The Hall–Kier alpha value is -2.02. The maximum Gasteiger partial charge on any atom is 0.262 e. The summed E-state index contributed by atoms with van der Waals surface area (Å²) >= 11 is 0. The number of hydrogen-bond donors (Lipinski definition) is 1. The Morgan fingerprint density at radius 3 is 2.95 bits per heavy atom. The molecular weight excluding hydrogens is 240 g/mol. The Labute approximate surface area is 113 Å². The zero-order chi connectivity index (χ0) is 13.7. The largest absolute Gasteiger partial charge is 0.465 e. The number of nitrogens with zero attached hydrogens (tertiary/aromatic N) is 1. The van der Waals surface area contributed by atoms with Gasteiger partial charge in [0.15, 0.2) is 0 Å². The number of rotatable bonds is 3. The van der Waals surface area contributed by atoms with Crippen molar-refractivity contribution in [1.29, 1.82) is 5.26 Å². The van der Waals surface area contributed by atoms with E-state index in [4.69, 9.17) is 9.68 Å². The van der Waals surface area contributed by atoms with Crippen LogP contribution in [0.4, 0.5) is 0 Å². The molecule has 1 fully saturated rings. The van der Waals surface area contributed by atoms with Gasteiger partial charge in [-0.1, -0.05) is 19.8 Å². The van der Waals surface area contributed by atoms with Gasteiger partial charge in [-0.25, -0.2) is 0 Å². The first-order valence-electron chi connectivity index (χ1n) is 6.67. The summed E-state index contributed by atoms with van der Waals surface area (Å²) in [6, 6.07) is 5.55. The lowest BCUT2D eigenvalue weighted by atomic mass is 9.86. The van der Waals surface area contributed by atoms with E-state index < -0.39 is 0 Å². The monoisotopic (exact) mass is 258 g/mol. The van der Waals surface area contributed by atoms with Crippen molar-refractivity contribution in [2.75, 3.05) is 0 Å². The molecular formula is C15H18N2O2. The van der Waals surface area contributed by atoms with Crippen LogP contribution >= 0.6 is 0 Å². The fourth-order valence-electron chi connectivity index (χ4n) is 2.44. The van der Waals surface area contributed by atoms with Gasteiger partial charge in [0.2, 0.25) is 0 Å². The molecule has 100 valence electrons. The van der Waals surface area contributed by atoms with Gasteiger partial charge in [0.1, 0.15) is 17.4 Å². The molecule has 2 rings (SSSR count). The zero-order valence-electron chi connectivity index (χ0n) is 11.1. The van der Waals surface area contributed by atoms with Crippen LogP contribution in [0.15, 0.2) is 28.4 Å². The van der Waals surface area contributed by atoms with Crippen molar-refractivity contribution in [3.05, 3.63) is 29.7 Å². The van der Waals surface area contributed by atoms with Gasteiger partial charge in [0, 0.05) is 12.1 Å². The second kappa shape index (κ2) is 6.24. The number of nitriles is 1. The topological polar surface area (TPSA) is 66.0 Å². The highest BCUT2D eigenvalue weighted by molar-refractivity contribution is 6.01. The van der Waals surface area contributed by atoms with Crippen molar-refractivity contribution in [3.63, 3.8) is 0 Å². The lowest BCUT2D eigenvalue weighted by molar-refractivity contribution is -0.118. The van der Waals surface area contributed by atoms with Crippen molar-refractivity contribution in [1.82, 2.24) is 5.32 Å². The number of amides is 1. The molecule has 0 bridgehead atoms. The molecule has 0 aromatic carbocycles. The average molecular weight is 258 g/mol. The van der Waals surface area contributed by atoms with E-state index in [1.54, 1.807) is 12.1 Å². The third-order valence-electron chi connectivity index (χ3n) is 3.62. The Kier molecular flexibility index (Phi) is 4.40. The minimum Gasteiger partial charge on any atom is -0.465 e. The maximum atomic E-state index is 12.1. The molecule has 0 aliphatic heterocycles. The molecule has 1 aromatic rings. The van der Waals surface area contributed by atoms with Crippen LogP contribution in [0.1, 0.15) is 38.4 Å². The highest BCUT2D eigenvalue weighted by Crippen LogP contribution is 2.24. The third kappa shape index (κ3) is 3.47. The van der Waals surface area contributed by atoms with Gasteiger partial charge in [0.05, 0.1) is 6.26 Å².